The van der Waals surface area contributed by atoms with E-state index in [-0.39, 0.29) is 12.3 Å². The van der Waals surface area contributed by atoms with Gasteiger partial charge in [0.25, 0.3) is 0 Å². The lowest BCUT2D eigenvalue weighted by molar-refractivity contribution is -0.120. The number of carbonyl (C=O) groups is 1. The number of rotatable bonds is 8. The van der Waals surface area contributed by atoms with E-state index >= 15 is 0 Å². The summed E-state index contributed by atoms with van der Waals surface area (Å²) in [4.78, 5) is 12.1. The third kappa shape index (κ3) is 6.00. The first-order valence-electron chi connectivity index (χ1n) is 8.83. The Balaban J connectivity index is 2.02. The topological polar surface area (TPSA) is 59.9 Å². The van der Waals surface area contributed by atoms with Crippen LogP contribution in [0.1, 0.15) is 35.6 Å². The van der Waals surface area contributed by atoms with Crippen LogP contribution in [-0.4, -0.2) is 25.8 Å². The highest BCUT2D eigenvalue weighted by molar-refractivity contribution is 6.32. The summed E-state index contributed by atoms with van der Waals surface area (Å²) in [5.74, 6) is 0.857. The van der Waals surface area contributed by atoms with Crippen molar-refractivity contribution in [1.29, 1.82) is 0 Å². The first kappa shape index (κ1) is 20.8. The van der Waals surface area contributed by atoms with Crippen LogP contribution in [0, 0.1) is 13.8 Å². The van der Waals surface area contributed by atoms with Gasteiger partial charge in [0.15, 0.2) is 11.5 Å². The number of methoxy groups -OCH3 is 1. The number of amides is 1. The van der Waals surface area contributed by atoms with Crippen LogP contribution in [-0.2, 0) is 11.2 Å². The van der Waals surface area contributed by atoms with Gasteiger partial charge in [-0.25, -0.2) is 5.43 Å². The van der Waals surface area contributed by atoms with E-state index < -0.39 is 0 Å². The Kier molecular flexibility index (Phi) is 7.67. The molecule has 0 aromatic heterocycles. The zero-order valence-corrected chi connectivity index (χ0v) is 16.9. The monoisotopic (exact) mass is 388 g/mol. The van der Waals surface area contributed by atoms with Gasteiger partial charge in [-0.15, -0.1) is 0 Å². The van der Waals surface area contributed by atoms with Crippen molar-refractivity contribution in [1.82, 2.24) is 5.43 Å². The maximum absolute atomic E-state index is 12.1. The Labute approximate surface area is 165 Å². The van der Waals surface area contributed by atoms with Crippen molar-refractivity contribution in [3.63, 3.8) is 0 Å². The molecule has 144 valence electrons. The van der Waals surface area contributed by atoms with E-state index in [0.717, 1.165) is 17.5 Å². The maximum Gasteiger partial charge on any atom is 0.244 e. The molecule has 1 amide bonds. The summed E-state index contributed by atoms with van der Waals surface area (Å²) in [7, 11) is 1.55. The van der Waals surface area contributed by atoms with E-state index in [1.807, 2.05) is 32.9 Å². The van der Waals surface area contributed by atoms with Gasteiger partial charge >= 0.3 is 0 Å². The van der Waals surface area contributed by atoms with Crippen molar-refractivity contribution in [2.75, 3.05) is 13.7 Å². The Morgan fingerprint density at radius 1 is 1.26 bits per heavy atom. The molecule has 27 heavy (non-hydrogen) atoms. The Bertz CT molecular complexity index is 834. The first-order chi connectivity index (χ1) is 12.9. The van der Waals surface area contributed by atoms with E-state index in [1.54, 1.807) is 19.2 Å². The number of benzene rings is 2. The minimum Gasteiger partial charge on any atom is -0.493 e. The van der Waals surface area contributed by atoms with Gasteiger partial charge in [-0.2, -0.15) is 5.10 Å². The van der Waals surface area contributed by atoms with Crippen molar-refractivity contribution >= 4 is 23.7 Å². The minimum absolute atomic E-state index is 0.181. The summed E-state index contributed by atoms with van der Waals surface area (Å²) in [6.45, 7) is 6.59. The number of nitrogens with zero attached hydrogens (tertiary/aromatic N) is 1. The van der Waals surface area contributed by atoms with Crippen molar-refractivity contribution < 1.29 is 14.3 Å². The molecule has 0 bridgehead atoms. The van der Waals surface area contributed by atoms with E-state index in [2.05, 4.69) is 16.6 Å². The number of carbonyl (C=O) groups excluding carboxylic acids is 1. The average Bonchev–Trinajstić information content (AvgIpc) is 2.63. The van der Waals surface area contributed by atoms with E-state index in [4.69, 9.17) is 21.1 Å². The quantitative estimate of drug-likeness (QED) is 0.537. The van der Waals surface area contributed by atoms with Crippen molar-refractivity contribution in [3.05, 3.63) is 57.6 Å². The fraction of sp³-hybridized carbons (Fsp3) is 0.333. The van der Waals surface area contributed by atoms with Gasteiger partial charge in [0.1, 0.15) is 0 Å². The van der Waals surface area contributed by atoms with Crippen LogP contribution < -0.4 is 14.9 Å². The highest BCUT2D eigenvalue weighted by atomic mass is 35.5. The zero-order chi connectivity index (χ0) is 19.8. The maximum atomic E-state index is 12.1. The van der Waals surface area contributed by atoms with Gasteiger partial charge in [0.05, 0.1) is 31.4 Å². The molecule has 0 saturated heterocycles. The molecule has 0 radical (unpaired) electrons. The second-order valence-corrected chi connectivity index (χ2v) is 6.69. The van der Waals surface area contributed by atoms with E-state index in [0.29, 0.717) is 28.7 Å². The number of hydrogen-bond donors (Lipinski definition) is 1. The largest absolute Gasteiger partial charge is 0.493 e. The van der Waals surface area contributed by atoms with Gasteiger partial charge in [-0.05, 0) is 49.1 Å². The molecule has 0 fully saturated rings. The van der Waals surface area contributed by atoms with Gasteiger partial charge in [-0.3, -0.25) is 4.79 Å². The Morgan fingerprint density at radius 3 is 2.70 bits per heavy atom. The molecular formula is C21H25ClN2O3. The fourth-order valence-corrected chi connectivity index (χ4v) is 2.87. The molecule has 2 rings (SSSR count). The molecule has 0 spiro atoms. The smallest absolute Gasteiger partial charge is 0.244 e. The molecule has 2 aromatic rings. The lowest BCUT2D eigenvalue weighted by Gasteiger charge is -2.12. The van der Waals surface area contributed by atoms with Crippen LogP contribution in [0.25, 0.3) is 0 Å². The molecule has 0 aliphatic rings. The lowest BCUT2D eigenvalue weighted by Crippen LogP contribution is -2.20. The third-order valence-electron chi connectivity index (χ3n) is 3.95. The molecule has 0 aliphatic carbocycles. The van der Waals surface area contributed by atoms with Crippen molar-refractivity contribution in [3.8, 4) is 11.5 Å². The number of aryl methyl sites for hydroxylation is 2. The standard InChI is InChI=1S/C21H25ClN2O3/c1-5-8-27-21-18(22)10-16(11-19(21)26-4)13-23-24-20(25)12-17-7-6-14(2)9-15(17)3/h6-7,9-11,13H,5,8,12H2,1-4H3,(H,24,25)/b23-13-. The summed E-state index contributed by atoms with van der Waals surface area (Å²) in [6, 6.07) is 9.50. The molecule has 0 heterocycles. The van der Waals surface area contributed by atoms with Gasteiger partial charge < -0.3 is 9.47 Å². The van der Waals surface area contributed by atoms with Crippen LogP contribution in [0.15, 0.2) is 35.4 Å². The first-order valence-corrected chi connectivity index (χ1v) is 9.20. The second kappa shape index (κ2) is 9.97. The summed E-state index contributed by atoms with van der Waals surface area (Å²) < 4.78 is 11.0. The molecule has 1 N–H and O–H groups in total. The normalized spacial score (nSPS) is 10.9. The van der Waals surface area contributed by atoms with Crippen LogP contribution >= 0.6 is 11.6 Å². The zero-order valence-electron chi connectivity index (χ0n) is 16.1. The van der Waals surface area contributed by atoms with Crippen molar-refractivity contribution in [2.45, 2.75) is 33.6 Å². The Hall–Kier alpha value is -2.53. The molecule has 0 atom stereocenters. The second-order valence-electron chi connectivity index (χ2n) is 6.28. The van der Waals surface area contributed by atoms with Crippen LogP contribution in [0.4, 0.5) is 0 Å². The number of hydrazone groups is 1. The molecule has 5 nitrogen and oxygen atoms in total. The van der Waals surface area contributed by atoms with Gasteiger partial charge in [-0.1, -0.05) is 42.3 Å². The predicted molar refractivity (Wildman–Crippen MR) is 109 cm³/mol. The highest BCUT2D eigenvalue weighted by Crippen LogP contribution is 2.36. The number of halogens is 1. The highest BCUT2D eigenvalue weighted by Gasteiger charge is 2.11. The molecule has 6 heteroatoms. The SMILES string of the molecule is CCCOc1c(Cl)cc(/C=N\NC(=O)Cc2ccc(C)cc2C)cc1OC. The fourth-order valence-electron chi connectivity index (χ4n) is 2.59. The number of ether oxygens (including phenoxy) is 2. The molecule has 0 aliphatic heterocycles. The number of nitrogens with one attached hydrogen (secondary N) is 1. The predicted octanol–water partition coefficient (Wildman–Crippen LogP) is 4.45. The van der Waals surface area contributed by atoms with Gasteiger partial charge in [0, 0.05) is 0 Å². The summed E-state index contributed by atoms with van der Waals surface area (Å²) in [6.07, 6.45) is 2.67. The summed E-state index contributed by atoms with van der Waals surface area (Å²) in [5, 5.41) is 4.45. The van der Waals surface area contributed by atoms with Gasteiger partial charge in [0.2, 0.25) is 5.91 Å². The molecule has 0 saturated carbocycles. The molecule has 0 unspecified atom stereocenters. The van der Waals surface area contributed by atoms with E-state index in [1.165, 1.54) is 11.8 Å². The minimum atomic E-state index is -0.181. The third-order valence-corrected chi connectivity index (χ3v) is 4.24. The molecular weight excluding hydrogens is 364 g/mol. The van der Waals surface area contributed by atoms with Crippen LogP contribution in [0.5, 0.6) is 11.5 Å². The summed E-state index contributed by atoms with van der Waals surface area (Å²) in [5.41, 5.74) is 6.49. The Morgan fingerprint density at radius 2 is 2.04 bits per heavy atom. The summed E-state index contributed by atoms with van der Waals surface area (Å²) >= 11 is 6.27. The lowest BCUT2D eigenvalue weighted by atomic mass is 10.0. The molecule has 2 aromatic carbocycles. The van der Waals surface area contributed by atoms with Crippen LogP contribution in [0.2, 0.25) is 5.02 Å². The number of hydrogen-bond acceptors (Lipinski definition) is 4. The van der Waals surface area contributed by atoms with Crippen molar-refractivity contribution in [2.24, 2.45) is 5.10 Å². The average molecular weight is 389 g/mol. The van der Waals surface area contributed by atoms with E-state index in [9.17, 15) is 4.79 Å². The van der Waals surface area contributed by atoms with Crippen LogP contribution in [0.3, 0.4) is 0 Å².